The van der Waals surface area contributed by atoms with Crippen molar-refractivity contribution in [3.05, 3.63) is 0 Å². The SMILES string of the molecule is CC(C)[N+]1=C(C(=O)[O-])N(C)CC1. The minimum atomic E-state index is -1.08. The van der Waals surface area contributed by atoms with Crippen molar-refractivity contribution in [3.63, 3.8) is 0 Å². The van der Waals surface area contributed by atoms with Crippen molar-refractivity contribution in [3.8, 4) is 0 Å². The molecule has 1 aliphatic heterocycles. The number of carboxylic acids is 1. The summed E-state index contributed by atoms with van der Waals surface area (Å²) in [6.07, 6.45) is 0. The molecule has 4 heteroatoms. The summed E-state index contributed by atoms with van der Waals surface area (Å²) in [4.78, 5) is 12.4. The Bertz CT molecular complexity index is 233. The normalized spacial score (nSPS) is 17.8. The van der Waals surface area contributed by atoms with Crippen LogP contribution in [0.3, 0.4) is 0 Å². The highest BCUT2D eigenvalue weighted by molar-refractivity contribution is 6.31. The first kappa shape index (κ1) is 9.03. The number of carbonyl (C=O) groups is 1. The molecule has 0 aromatic rings. The second-order valence-electron chi connectivity index (χ2n) is 3.32. The van der Waals surface area contributed by atoms with E-state index in [2.05, 4.69) is 0 Å². The van der Waals surface area contributed by atoms with Crippen LogP contribution in [0.15, 0.2) is 0 Å². The number of likely N-dealkylation sites (N-methyl/N-ethyl adjacent to an activating group) is 1. The number of aliphatic carboxylic acids is 1. The number of hydrogen-bond donors (Lipinski definition) is 0. The van der Waals surface area contributed by atoms with Crippen LogP contribution in [0.2, 0.25) is 0 Å². The minimum Gasteiger partial charge on any atom is -0.538 e. The van der Waals surface area contributed by atoms with Gasteiger partial charge in [0.15, 0.2) is 5.97 Å². The first-order valence-corrected chi connectivity index (χ1v) is 4.10. The molecular weight excluding hydrogens is 156 g/mol. The molecule has 0 amide bonds. The van der Waals surface area contributed by atoms with E-state index in [-0.39, 0.29) is 6.04 Å². The second kappa shape index (κ2) is 3.13. The molecule has 0 bridgehead atoms. The van der Waals surface area contributed by atoms with Gasteiger partial charge < -0.3 is 9.90 Å². The molecule has 0 saturated carbocycles. The molecule has 0 aromatic heterocycles. The van der Waals surface area contributed by atoms with E-state index >= 15 is 0 Å². The van der Waals surface area contributed by atoms with E-state index in [0.717, 1.165) is 13.1 Å². The molecule has 0 saturated heterocycles. The topological polar surface area (TPSA) is 46.4 Å². The van der Waals surface area contributed by atoms with E-state index in [1.807, 2.05) is 18.4 Å². The quantitative estimate of drug-likeness (QED) is 0.474. The van der Waals surface area contributed by atoms with Gasteiger partial charge in [0.25, 0.3) is 5.84 Å². The molecule has 1 aliphatic rings. The molecule has 12 heavy (non-hydrogen) atoms. The lowest BCUT2D eigenvalue weighted by Crippen LogP contribution is -2.43. The molecule has 0 unspecified atom stereocenters. The Morgan fingerprint density at radius 3 is 2.58 bits per heavy atom. The fraction of sp³-hybridized carbons (Fsp3) is 0.750. The fourth-order valence-electron chi connectivity index (χ4n) is 1.46. The molecule has 1 heterocycles. The Kier molecular flexibility index (Phi) is 2.35. The summed E-state index contributed by atoms with van der Waals surface area (Å²) in [5.74, 6) is -0.770. The van der Waals surface area contributed by atoms with Crippen LogP contribution in [-0.2, 0) is 4.79 Å². The number of nitrogens with zero attached hydrogens (tertiary/aromatic N) is 2. The summed E-state index contributed by atoms with van der Waals surface area (Å²) >= 11 is 0. The van der Waals surface area contributed by atoms with E-state index < -0.39 is 5.97 Å². The van der Waals surface area contributed by atoms with Crippen LogP contribution < -0.4 is 5.11 Å². The molecule has 1 rings (SSSR count). The number of hydrogen-bond acceptors (Lipinski definition) is 3. The van der Waals surface area contributed by atoms with E-state index in [4.69, 9.17) is 0 Å². The highest BCUT2D eigenvalue weighted by atomic mass is 16.4. The smallest absolute Gasteiger partial charge is 0.295 e. The maximum Gasteiger partial charge on any atom is 0.295 e. The molecule has 4 nitrogen and oxygen atoms in total. The fourth-order valence-corrected chi connectivity index (χ4v) is 1.46. The third-order valence-corrected chi connectivity index (χ3v) is 2.12. The largest absolute Gasteiger partial charge is 0.538 e. The predicted octanol–water partition coefficient (Wildman–Crippen LogP) is -1.50. The number of amidine groups is 1. The van der Waals surface area contributed by atoms with E-state index in [1.165, 1.54) is 0 Å². The highest BCUT2D eigenvalue weighted by Crippen LogP contribution is 2.02. The van der Waals surface area contributed by atoms with Crippen LogP contribution in [0.1, 0.15) is 13.8 Å². The molecule has 0 fully saturated rings. The molecule has 0 aromatic carbocycles. The van der Waals surface area contributed by atoms with Gasteiger partial charge in [0, 0.05) is 0 Å². The van der Waals surface area contributed by atoms with Gasteiger partial charge in [0.2, 0.25) is 0 Å². The van der Waals surface area contributed by atoms with Gasteiger partial charge in [-0.1, -0.05) is 0 Å². The average molecular weight is 170 g/mol. The van der Waals surface area contributed by atoms with Gasteiger partial charge in [0.1, 0.15) is 13.1 Å². The van der Waals surface area contributed by atoms with Crippen molar-refractivity contribution in [1.29, 1.82) is 0 Å². The summed E-state index contributed by atoms with van der Waals surface area (Å²) in [7, 11) is 1.77. The zero-order chi connectivity index (χ0) is 9.30. The van der Waals surface area contributed by atoms with Crippen molar-refractivity contribution in [2.75, 3.05) is 20.1 Å². The summed E-state index contributed by atoms with van der Waals surface area (Å²) in [6.45, 7) is 5.49. The van der Waals surface area contributed by atoms with E-state index in [9.17, 15) is 9.90 Å². The maximum atomic E-state index is 10.7. The van der Waals surface area contributed by atoms with Crippen LogP contribution in [-0.4, -0.2) is 47.5 Å². The Morgan fingerprint density at radius 2 is 2.25 bits per heavy atom. The molecule has 0 radical (unpaired) electrons. The van der Waals surface area contributed by atoms with Crippen molar-refractivity contribution >= 4 is 11.8 Å². The Morgan fingerprint density at radius 1 is 1.67 bits per heavy atom. The van der Waals surface area contributed by atoms with Gasteiger partial charge in [0.05, 0.1) is 13.1 Å². The van der Waals surface area contributed by atoms with Crippen molar-refractivity contribution in [2.24, 2.45) is 0 Å². The molecule has 68 valence electrons. The molecule has 0 atom stereocenters. The molecule has 0 N–H and O–H groups in total. The third kappa shape index (κ3) is 1.42. The van der Waals surface area contributed by atoms with Crippen LogP contribution in [0.5, 0.6) is 0 Å². The Balaban J connectivity index is 2.98. The lowest BCUT2D eigenvalue weighted by atomic mass is 10.3. The van der Waals surface area contributed by atoms with Gasteiger partial charge in [-0.2, -0.15) is 0 Å². The standard InChI is InChI=1S/C8H14N2O2/c1-6(2)10-5-4-9(3)7(10)8(11)12/h6H,4-5H2,1-3H3. The van der Waals surface area contributed by atoms with Gasteiger partial charge in [-0.25, -0.2) is 0 Å². The summed E-state index contributed by atoms with van der Waals surface area (Å²) < 4.78 is 1.84. The minimum absolute atomic E-state index is 0.225. The Labute approximate surface area is 72.1 Å². The van der Waals surface area contributed by atoms with Gasteiger partial charge in [-0.3, -0.25) is 9.48 Å². The molecular formula is C8H14N2O2. The van der Waals surface area contributed by atoms with E-state index in [1.54, 1.807) is 11.9 Å². The highest BCUT2D eigenvalue weighted by Gasteiger charge is 2.29. The number of rotatable bonds is 2. The first-order valence-electron chi connectivity index (χ1n) is 4.10. The van der Waals surface area contributed by atoms with Crippen molar-refractivity contribution < 1.29 is 14.5 Å². The van der Waals surface area contributed by atoms with Crippen LogP contribution in [0, 0.1) is 0 Å². The van der Waals surface area contributed by atoms with E-state index in [0.29, 0.717) is 5.84 Å². The van der Waals surface area contributed by atoms with Gasteiger partial charge >= 0.3 is 0 Å². The first-order chi connectivity index (χ1) is 5.54. The monoisotopic (exact) mass is 170 g/mol. The second-order valence-corrected chi connectivity index (χ2v) is 3.32. The summed E-state index contributed by atoms with van der Waals surface area (Å²) in [5.41, 5.74) is 0. The maximum absolute atomic E-state index is 10.7. The van der Waals surface area contributed by atoms with Crippen molar-refractivity contribution in [1.82, 2.24) is 4.90 Å². The number of carboxylic acid groups (broad SMARTS) is 1. The van der Waals surface area contributed by atoms with Gasteiger partial charge in [-0.05, 0) is 13.8 Å². The Hall–Kier alpha value is -1.06. The van der Waals surface area contributed by atoms with Crippen LogP contribution in [0.4, 0.5) is 0 Å². The van der Waals surface area contributed by atoms with Crippen molar-refractivity contribution in [2.45, 2.75) is 19.9 Å². The summed E-state index contributed by atoms with van der Waals surface area (Å²) in [6, 6.07) is 0.225. The number of carbonyl (C=O) groups excluding carboxylic acids is 1. The summed E-state index contributed by atoms with van der Waals surface area (Å²) in [5, 5.41) is 10.7. The third-order valence-electron chi connectivity index (χ3n) is 2.12. The van der Waals surface area contributed by atoms with Crippen LogP contribution in [0.25, 0.3) is 0 Å². The lowest BCUT2D eigenvalue weighted by molar-refractivity contribution is -0.550. The van der Waals surface area contributed by atoms with Crippen LogP contribution >= 0.6 is 0 Å². The zero-order valence-corrected chi connectivity index (χ0v) is 7.70. The molecule has 0 aliphatic carbocycles. The lowest BCUT2D eigenvalue weighted by Gasteiger charge is -2.10. The van der Waals surface area contributed by atoms with Gasteiger partial charge in [-0.15, -0.1) is 0 Å². The predicted molar refractivity (Wildman–Crippen MR) is 42.9 cm³/mol. The average Bonchev–Trinajstić information content (AvgIpc) is 2.30. The zero-order valence-electron chi connectivity index (χ0n) is 7.70. The molecule has 0 spiro atoms.